The highest BCUT2D eigenvalue weighted by Gasteiger charge is 2.22. The molecule has 0 aromatic heterocycles. The second kappa shape index (κ2) is 7.22. The highest BCUT2D eigenvalue weighted by Crippen LogP contribution is 2.24. The molecule has 0 heterocycles. The van der Waals surface area contributed by atoms with Crippen molar-refractivity contribution in [2.45, 2.75) is 38.6 Å². The molecular weight excluding hydrogens is 286 g/mol. The first kappa shape index (κ1) is 16.2. The minimum Gasteiger partial charge on any atom is -0.396 e. The van der Waals surface area contributed by atoms with Crippen LogP contribution in [-0.4, -0.2) is 28.7 Å². The Hall–Kier alpha value is -2.15. The number of benzene rings is 1. The Labute approximate surface area is 128 Å². The first-order valence-electron chi connectivity index (χ1n) is 7.43. The zero-order valence-corrected chi connectivity index (χ0v) is 12.5. The Morgan fingerprint density at radius 1 is 1.36 bits per heavy atom. The van der Waals surface area contributed by atoms with Crippen LogP contribution in [-0.2, 0) is 0 Å². The number of rotatable bonds is 4. The van der Waals surface area contributed by atoms with Gasteiger partial charge in [0.2, 0.25) is 0 Å². The summed E-state index contributed by atoms with van der Waals surface area (Å²) in [5.41, 5.74) is 1.16. The van der Waals surface area contributed by atoms with Gasteiger partial charge in [-0.25, -0.2) is 4.79 Å². The summed E-state index contributed by atoms with van der Waals surface area (Å²) in [6.45, 7) is 1.98. The molecule has 2 rings (SSSR count). The summed E-state index contributed by atoms with van der Waals surface area (Å²) in [5.74, 6) is 0.333. The van der Waals surface area contributed by atoms with Gasteiger partial charge in [0.1, 0.15) is 0 Å². The first-order chi connectivity index (χ1) is 10.5. The molecule has 1 fully saturated rings. The number of nitrogens with one attached hydrogen (secondary N) is 2. The second-order valence-corrected chi connectivity index (χ2v) is 5.76. The van der Waals surface area contributed by atoms with E-state index in [2.05, 4.69) is 10.6 Å². The van der Waals surface area contributed by atoms with Crippen LogP contribution < -0.4 is 10.6 Å². The third-order valence-corrected chi connectivity index (χ3v) is 4.12. The molecule has 0 unspecified atom stereocenters. The third kappa shape index (κ3) is 4.17. The van der Waals surface area contributed by atoms with Crippen molar-refractivity contribution < 1.29 is 14.8 Å². The molecule has 22 heavy (non-hydrogen) atoms. The predicted octanol–water partition coefficient (Wildman–Crippen LogP) is 2.58. The monoisotopic (exact) mass is 307 g/mol. The van der Waals surface area contributed by atoms with Gasteiger partial charge >= 0.3 is 6.03 Å². The van der Waals surface area contributed by atoms with Gasteiger partial charge in [-0.05, 0) is 44.1 Å². The molecule has 2 amide bonds. The molecule has 1 aromatic carbocycles. The van der Waals surface area contributed by atoms with E-state index in [0.29, 0.717) is 11.6 Å². The molecule has 1 aliphatic carbocycles. The molecule has 0 radical (unpaired) electrons. The lowest BCUT2D eigenvalue weighted by atomic mass is 9.87. The number of nitro groups is 1. The molecule has 0 bridgehead atoms. The molecule has 0 aliphatic heterocycles. The van der Waals surface area contributed by atoms with E-state index in [-0.39, 0.29) is 24.4 Å². The number of aliphatic hydroxyl groups is 1. The zero-order valence-electron chi connectivity index (χ0n) is 12.5. The van der Waals surface area contributed by atoms with Gasteiger partial charge in [-0.3, -0.25) is 10.1 Å². The van der Waals surface area contributed by atoms with Crippen LogP contribution >= 0.6 is 0 Å². The van der Waals surface area contributed by atoms with Crippen LogP contribution in [0.2, 0.25) is 0 Å². The van der Waals surface area contributed by atoms with Crippen LogP contribution in [0.1, 0.15) is 31.2 Å². The molecular formula is C15H21N3O4. The Morgan fingerprint density at radius 3 is 2.64 bits per heavy atom. The lowest BCUT2D eigenvalue weighted by molar-refractivity contribution is -0.384. The quantitative estimate of drug-likeness (QED) is 0.587. The van der Waals surface area contributed by atoms with E-state index >= 15 is 0 Å². The molecule has 1 saturated carbocycles. The van der Waals surface area contributed by atoms with Crippen molar-refractivity contribution in [3.8, 4) is 0 Å². The number of carbonyl (C=O) groups is 1. The number of aryl methyl sites for hydroxylation is 1. The molecule has 120 valence electrons. The van der Waals surface area contributed by atoms with E-state index in [1.165, 1.54) is 12.1 Å². The fourth-order valence-electron chi connectivity index (χ4n) is 2.69. The number of hydrogen-bond acceptors (Lipinski definition) is 4. The summed E-state index contributed by atoms with van der Waals surface area (Å²) in [5, 5.41) is 25.4. The van der Waals surface area contributed by atoms with Crippen LogP contribution in [0, 0.1) is 23.0 Å². The molecule has 3 N–H and O–H groups in total. The maximum atomic E-state index is 12.0. The Balaban J connectivity index is 1.92. The van der Waals surface area contributed by atoms with Crippen molar-refractivity contribution in [2.75, 3.05) is 11.9 Å². The van der Waals surface area contributed by atoms with Crippen molar-refractivity contribution in [1.82, 2.24) is 5.32 Å². The summed E-state index contributed by atoms with van der Waals surface area (Å²) in [4.78, 5) is 22.3. The highest BCUT2D eigenvalue weighted by atomic mass is 16.6. The number of nitrogens with zero attached hydrogens (tertiary/aromatic N) is 1. The Morgan fingerprint density at radius 2 is 2.05 bits per heavy atom. The molecule has 1 aliphatic rings. The van der Waals surface area contributed by atoms with E-state index in [4.69, 9.17) is 5.11 Å². The van der Waals surface area contributed by atoms with Gasteiger partial charge in [0.05, 0.1) is 10.6 Å². The number of carbonyl (C=O) groups excluding carboxylic acids is 1. The number of nitro benzene ring substituents is 1. The van der Waals surface area contributed by atoms with E-state index in [9.17, 15) is 14.9 Å². The van der Waals surface area contributed by atoms with Gasteiger partial charge in [0, 0.05) is 24.8 Å². The number of anilines is 1. The van der Waals surface area contributed by atoms with Crippen molar-refractivity contribution in [1.29, 1.82) is 0 Å². The number of hydrogen-bond donors (Lipinski definition) is 3. The van der Waals surface area contributed by atoms with Gasteiger partial charge in [-0.15, -0.1) is 0 Å². The van der Waals surface area contributed by atoms with E-state index in [1.807, 2.05) is 0 Å². The number of amides is 2. The summed E-state index contributed by atoms with van der Waals surface area (Å²) < 4.78 is 0. The van der Waals surface area contributed by atoms with Crippen LogP contribution in [0.4, 0.5) is 16.2 Å². The molecule has 0 spiro atoms. The summed E-state index contributed by atoms with van der Waals surface area (Å²) in [6.07, 6.45) is 3.48. The third-order valence-electron chi connectivity index (χ3n) is 4.12. The number of non-ortho nitro benzene ring substituents is 1. The average Bonchev–Trinajstić information content (AvgIpc) is 2.50. The summed E-state index contributed by atoms with van der Waals surface area (Å²) in [6, 6.07) is 4.12. The topological polar surface area (TPSA) is 105 Å². The first-order valence-corrected chi connectivity index (χ1v) is 7.43. The van der Waals surface area contributed by atoms with Crippen LogP contribution in [0.5, 0.6) is 0 Å². The van der Waals surface area contributed by atoms with Crippen LogP contribution in [0.25, 0.3) is 0 Å². The molecule has 7 heteroatoms. The van der Waals surface area contributed by atoms with E-state index in [0.717, 1.165) is 31.2 Å². The van der Waals surface area contributed by atoms with Gasteiger partial charge in [-0.1, -0.05) is 6.07 Å². The lowest BCUT2D eigenvalue weighted by Crippen LogP contribution is -2.40. The van der Waals surface area contributed by atoms with E-state index < -0.39 is 4.92 Å². The van der Waals surface area contributed by atoms with Crippen molar-refractivity contribution in [3.63, 3.8) is 0 Å². The largest absolute Gasteiger partial charge is 0.396 e. The fourth-order valence-corrected chi connectivity index (χ4v) is 2.69. The van der Waals surface area contributed by atoms with Crippen molar-refractivity contribution >= 4 is 17.4 Å². The van der Waals surface area contributed by atoms with Gasteiger partial charge in [0.25, 0.3) is 5.69 Å². The fraction of sp³-hybridized carbons (Fsp3) is 0.533. The molecule has 0 atom stereocenters. The van der Waals surface area contributed by atoms with Gasteiger partial charge in [-0.2, -0.15) is 0 Å². The van der Waals surface area contributed by atoms with Gasteiger partial charge in [0.15, 0.2) is 0 Å². The highest BCUT2D eigenvalue weighted by molar-refractivity contribution is 5.90. The summed E-state index contributed by atoms with van der Waals surface area (Å²) in [7, 11) is 0. The smallest absolute Gasteiger partial charge is 0.319 e. The molecule has 1 aromatic rings. The van der Waals surface area contributed by atoms with Crippen LogP contribution in [0.3, 0.4) is 0 Å². The minimum atomic E-state index is -0.487. The maximum absolute atomic E-state index is 12.0. The van der Waals surface area contributed by atoms with E-state index in [1.54, 1.807) is 13.0 Å². The zero-order chi connectivity index (χ0) is 16.1. The normalized spacial score (nSPS) is 21.2. The van der Waals surface area contributed by atoms with Crippen molar-refractivity contribution in [3.05, 3.63) is 33.9 Å². The lowest BCUT2D eigenvalue weighted by Gasteiger charge is -2.28. The summed E-state index contributed by atoms with van der Waals surface area (Å²) >= 11 is 0. The minimum absolute atomic E-state index is 0.0515. The molecule has 7 nitrogen and oxygen atoms in total. The predicted molar refractivity (Wildman–Crippen MR) is 82.8 cm³/mol. The number of urea groups is 1. The van der Waals surface area contributed by atoms with Crippen LogP contribution in [0.15, 0.2) is 18.2 Å². The molecule has 0 saturated heterocycles. The van der Waals surface area contributed by atoms with Gasteiger partial charge < -0.3 is 15.7 Å². The Bertz CT molecular complexity index is 554. The SMILES string of the molecule is Cc1ccc([N+](=O)[O-])cc1NC(=O)NC1CCC(CO)CC1. The average molecular weight is 307 g/mol. The number of aliphatic hydroxyl groups excluding tert-OH is 1. The van der Waals surface area contributed by atoms with Crippen molar-refractivity contribution in [2.24, 2.45) is 5.92 Å². The Kier molecular flexibility index (Phi) is 5.32. The standard InChI is InChI=1S/C15H21N3O4/c1-10-2-7-13(18(21)22)8-14(10)17-15(20)16-12-5-3-11(9-19)4-6-12/h2,7-8,11-12,19H,3-6,9H2,1H3,(H2,16,17,20). The second-order valence-electron chi connectivity index (χ2n) is 5.76. The maximum Gasteiger partial charge on any atom is 0.319 e.